The van der Waals surface area contributed by atoms with Crippen LogP contribution in [0, 0.1) is 29.6 Å². The molecule has 24 heavy (non-hydrogen) atoms. The zero-order valence-corrected chi connectivity index (χ0v) is 14.6. The van der Waals surface area contributed by atoms with Gasteiger partial charge < -0.3 is 4.90 Å². The minimum Gasteiger partial charge on any atom is -0.302 e. The van der Waals surface area contributed by atoms with Crippen molar-refractivity contribution in [2.45, 2.75) is 58.4 Å². The number of aryl methyl sites for hydroxylation is 1. The Morgan fingerprint density at radius 2 is 2.00 bits per heavy atom. The summed E-state index contributed by atoms with van der Waals surface area (Å²) in [6.45, 7) is 8.38. The Labute approximate surface area is 143 Å². The minimum atomic E-state index is -0.285. The molecule has 2 atom stereocenters. The number of anilines is 1. The number of amides is 1. The van der Waals surface area contributed by atoms with Crippen molar-refractivity contribution >= 4 is 17.2 Å². The Hall–Kier alpha value is -2.59. The third-order valence-electron chi connectivity index (χ3n) is 5.59. The first kappa shape index (κ1) is 16.3. The van der Waals surface area contributed by atoms with Crippen molar-refractivity contribution in [3.63, 3.8) is 0 Å². The number of hydrogen-bond donors (Lipinski definition) is 0. The second-order valence-corrected chi connectivity index (χ2v) is 7.02. The molecule has 122 valence electrons. The van der Waals surface area contributed by atoms with E-state index in [4.69, 9.17) is 0 Å². The molecule has 0 bridgehead atoms. The summed E-state index contributed by atoms with van der Waals surface area (Å²) in [7, 11) is 0. The van der Waals surface area contributed by atoms with Gasteiger partial charge in [0.25, 0.3) is 5.91 Å². The van der Waals surface area contributed by atoms with E-state index in [2.05, 4.69) is 26.8 Å². The Balaban J connectivity index is 2.42. The van der Waals surface area contributed by atoms with Crippen LogP contribution < -0.4 is 4.90 Å². The van der Waals surface area contributed by atoms with E-state index < -0.39 is 0 Å². The van der Waals surface area contributed by atoms with E-state index in [-0.39, 0.29) is 22.6 Å². The molecule has 0 radical (unpaired) electrons. The molecule has 0 aliphatic carbocycles. The molecule has 3 rings (SSSR count). The van der Waals surface area contributed by atoms with Crippen LogP contribution in [-0.4, -0.2) is 11.4 Å². The Morgan fingerprint density at radius 3 is 2.54 bits per heavy atom. The third-order valence-corrected chi connectivity index (χ3v) is 5.59. The smallest absolute Gasteiger partial charge is 0.261 e. The number of carbonyl (C=O) groups excluding carboxylic acids is 1. The van der Waals surface area contributed by atoms with Gasteiger partial charge in [-0.25, -0.2) is 0 Å². The number of allylic oxidation sites excluding steroid dienone is 1. The van der Waals surface area contributed by atoms with E-state index in [1.807, 2.05) is 30.0 Å². The molecule has 0 saturated carbocycles. The van der Waals surface area contributed by atoms with Crippen LogP contribution in [0.15, 0.2) is 17.7 Å². The summed E-state index contributed by atoms with van der Waals surface area (Å²) in [5.74, 6) is 0.188. The van der Waals surface area contributed by atoms with Gasteiger partial charge in [0.05, 0.1) is 11.3 Å². The van der Waals surface area contributed by atoms with Crippen LogP contribution in [0.1, 0.15) is 62.6 Å². The maximum Gasteiger partial charge on any atom is 0.261 e. The average molecular weight is 319 g/mol. The molecule has 0 aromatic heterocycles. The van der Waals surface area contributed by atoms with Gasteiger partial charge in [-0.1, -0.05) is 25.5 Å². The van der Waals surface area contributed by atoms with Gasteiger partial charge in [0.2, 0.25) is 0 Å². The van der Waals surface area contributed by atoms with E-state index in [9.17, 15) is 15.3 Å². The van der Waals surface area contributed by atoms with Crippen molar-refractivity contribution in [1.29, 1.82) is 10.5 Å². The van der Waals surface area contributed by atoms with E-state index in [1.165, 1.54) is 5.56 Å². The third kappa shape index (κ3) is 2.00. The molecule has 2 aliphatic rings. The highest BCUT2D eigenvalue weighted by Gasteiger charge is 2.49. The van der Waals surface area contributed by atoms with Gasteiger partial charge in [-0.05, 0) is 50.7 Å². The summed E-state index contributed by atoms with van der Waals surface area (Å²) >= 11 is 0. The predicted octanol–water partition coefficient (Wildman–Crippen LogP) is 4.21. The van der Waals surface area contributed by atoms with Gasteiger partial charge in [-0.3, -0.25) is 4.79 Å². The maximum atomic E-state index is 13.2. The van der Waals surface area contributed by atoms with E-state index in [0.717, 1.165) is 36.1 Å². The van der Waals surface area contributed by atoms with Crippen LogP contribution in [0.25, 0.3) is 5.57 Å². The summed E-state index contributed by atoms with van der Waals surface area (Å²) in [6.07, 6.45) is 2.75. The molecule has 0 N–H and O–H groups in total. The Morgan fingerprint density at radius 1 is 1.33 bits per heavy atom. The number of rotatable bonds is 2. The number of nitriles is 2. The SMILES string of the molecule is CC[C@H]1C[C@@](C)(CC)N2C(=O)C(=C(C#N)C#N)c3cc(C)cc1c32. The van der Waals surface area contributed by atoms with Crippen molar-refractivity contribution < 1.29 is 4.79 Å². The first-order chi connectivity index (χ1) is 11.4. The number of benzene rings is 1. The van der Waals surface area contributed by atoms with Crippen LogP contribution in [0.3, 0.4) is 0 Å². The summed E-state index contributed by atoms with van der Waals surface area (Å²) in [6, 6.07) is 7.92. The van der Waals surface area contributed by atoms with Crippen molar-refractivity contribution in [2.24, 2.45) is 0 Å². The molecule has 0 fully saturated rings. The largest absolute Gasteiger partial charge is 0.302 e. The molecule has 1 aromatic carbocycles. The predicted molar refractivity (Wildman–Crippen MR) is 93.2 cm³/mol. The first-order valence-electron chi connectivity index (χ1n) is 8.45. The molecular weight excluding hydrogens is 298 g/mol. The van der Waals surface area contributed by atoms with Gasteiger partial charge >= 0.3 is 0 Å². The van der Waals surface area contributed by atoms with E-state index in [1.54, 1.807) is 0 Å². The van der Waals surface area contributed by atoms with Crippen molar-refractivity contribution in [3.05, 3.63) is 34.4 Å². The zero-order valence-electron chi connectivity index (χ0n) is 14.6. The van der Waals surface area contributed by atoms with Crippen LogP contribution in [-0.2, 0) is 4.79 Å². The molecule has 0 saturated heterocycles. The molecule has 1 aromatic rings. The van der Waals surface area contributed by atoms with Gasteiger partial charge in [0.15, 0.2) is 0 Å². The summed E-state index contributed by atoms with van der Waals surface area (Å²) in [5, 5.41) is 18.7. The molecule has 2 heterocycles. The second-order valence-electron chi connectivity index (χ2n) is 7.02. The van der Waals surface area contributed by atoms with E-state index >= 15 is 0 Å². The highest BCUT2D eigenvalue weighted by Crippen LogP contribution is 2.54. The fraction of sp³-hybridized carbons (Fsp3) is 0.450. The van der Waals surface area contributed by atoms with Crippen molar-refractivity contribution in [1.82, 2.24) is 0 Å². The van der Waals surface area contributed by atoms with Gasteiger partial charge in [-0.15, -0.1) is 0 Å². The molecule has 1 amide bonds. The van der Waals surface area contributed by atoms with Crippen LogP contribution in [0.4, 0.5) is 5.69 Å². The second kappa shape index (κ2) is 5.49. The van der Waals surface area contributed by atoms with Gasteiger partial charge in [0, 0.05) is 11.1 Å². The van der Waals surface area contributed by atoms with Crippen LogP contribution in [0.5, 0.6) is 0 Å². The number of hydrogen-bond acceptors (Lipinski definition) is 3. The average Bonchev–Trinajstić information content (AvgIpc) is 2.86. The quantitative estimate of drug-likeness (QED) is 0.606. The van der Waals surface area contributed by atoms with Gasteiger partial charge in [0.1, 0.15) is 17.7 Å². The summed E-state index contributed by atoms with van der Waals surface area (Å²) < 4.78 is 0. The Bertz CT molecular complexity index is 837. The molecule has 2 aliphatic heterocycles. The van der Waals surface area contributed by atoms with Gasteiger partial charge in [-0.2, -0.15) is 10.5 Å². The lowest BCUT2D eigenvalue weighted by Gasteiger charge is -2.46. The van der Waals surface area contributed by atoms with E-state index in [0.29, 0.717) is 5.92 Å². The zero-order chi connectivity index (χ0) is 17.6. The monoisotopic (exact) mass is 319 g/mol. The van der Waals surface area contributed by atoms with Crippen molar-refractivity contribution in [3.8, 4) is 12.1 Å². The highest BCUT2D eigenvalue weighted by atomic mass is 16.2. The first-order valence-corrected chi connectivity index (χ1v) is 8.45. The Kier molecular flexibility index (Phi) is 3.73. The summed E-state index contributed by atoms with van der Waals surface area (Å²) in [4.78, 5) is 15.0. The minimum absolute atomic E-state index is 0.0892. The normalized spacial score (nSPS) is 24.4. The fourth-order valence-corrected chi connectivity index (χ4v) is 4.18. The molecule has 4 heteroatoms. The summed E-state index contributed by atoms with van der Waals surface area (Å²) in [5.41, 5.74) is 3.82. The lowest BCUT2D eigenvalue weighted by Crippen LogP contribution is -2.51. The molecular formula is C20H21N3O. The van der Waals surface area contributed by atoms with Crippen LogP contribution >= 0.6 is 0 Å². The topological polar surface area (TPSA) is 67.9 Å². The lowest BCUT2D eigenvalue weighted by atomic mass is 9.75. The maximum absolute atomic E-state index is 13.2. The molecule has 0 spiro atoms. The highest BCUT2D eigenvalue weighted by molar-refractivity contribution is 6.35. The van der Waals surface area contributed by atoms with Crippen molar-refractivity contribution in [2.75, 3.05) is 4.90 Å². The fourth-order valence-electron chi connectivity index (χ4n) is 4.18. The lowest BCUT2D eigenvalue weighted by molar-refractivity contribution is -0.114. The molecule has 0 unspecified atom stereocenters. The number of nitrogens with zero attached hydrogens (tertiary/aromatic N) is 3. The molecule has 4 nitrogen and oxygen atoms in total. The number of carbonyl (C=O) groups is 1. The standard InChI is InChI=1S/C20H21N3O/c1-5-13-9-20(4,6-2)23-18-15(13)7-12(3)8-16(18)17(19(23)24)14(10-21)11-22/h7-8,13H,5-6,9H2,1-4H3/t13-,20+/m0/s1. The van der Waals surface area contributed by atoms with Crippen LogP contribution in [0.2, 0.25) is 0 Å².